The molecule has 0 radical (unpaired) electrons. The molecule has 0 aliphatic carbocycles. The van der Waals surface area contributed by atoms with E-state index in [1.54, 1.807) is 0 Å². The first-order valence-electron chi connectivity index (χ1n) is 5.66. The van der Waals surface area contributed by atoms with E-state index in [-0.39, 0.29) is 4.83 Å². The quantitative estimate of drug-likeness (QED) is 0.358. The van der Waals surface area contributed by atoms with Crippen molar-refractivity contribution < 1.29 is 0 Å². The molecule has 18 heavy (non-hydrogen) atoms. The van der Waals surface area contributed by atoms with E-state index in [0.29, 0.717) is 0 Å². The molecule has 0 aliphatic rings. The fourth-order valence-corrected chi connectivity index (χ4v) is 4.40. The summed E-state index contributed by atoms with van der Waals surface area (Å²) in [6, 6.07) is 12.9. The SMILES string of the molecule is Cc1cc(C(Br)c2ccccc2I)c(C)cc1Br. The van der Waals surface area contributed by atoms with Crippen LogP contribution in [-0.2, 0) is 0 Å². The predicted octanol–water partition coefficient (Wildman–Crippen LogP) is 6.15. The predicted molar refractivity (Wildman–Crippen MR) is 93.5 cm³/mol. The third kappa shape index (κ3) is 2.99. The number of hydrogen-bond acceptors (Lipinski definition) is 0. The minimum absolute atomic E-state index is 0.248. The van der Waals surface area contributed by atoms with Gasteiger partial charge in [0.2, 0.25) is 0 Å². The first kappa shape index (κ1) is 14.5. The molecule has 3 heteroatoms. The van der Waals surface area contributed by atoms with Gasteiger partial charge in [-0.25, -0.2) is 0 Å². The molecule has 2 aromatic rings. The minimum atomic E-state index is 0.248. The zero-order chi connectivity index (χ0) is 13.3. The second-order valence-corrected chi connectivity index (χ2v) is 7.27. The van der Waals surface area contributed by atoms with E-state index in [9.17, 15) is 0 Å². The molecule has 0 bridgehead atoms. The third-order valence-electron chi connectivity index (χ3n) is 3.00. The molecule has 0 fully saturated rings. The average molecular weight is 480 g/mol. The van der Waals surface area contributed by atoms with Crippen LogP contribution in [-0.4, -0.2) is 0 Å². The summed E-state index contributed by atoms with van der Waals surface area (Å²) in [6.45, 7) is 4.28. The Bertz CT molecular complexity index is 579. The van der Waals surface area contributed by atoms with Gasteiger partial charge in [-0.2, -0.15) is 0 Å². The smallest absolute Gasteiger partial charge is 0.0657 e. The number of aryl methyl sites for hydroxylation is 2. The number of halogens is 3. The van der Waals surface area contributed by atoms with Gasteiger partial charge in [0.15, 0.2) is 0 Å². The summed E-state index contributed by atoms with van der Waals surface area (Å²) in [5, 5.41) is 0. The van der Waals surface area contributed by atoms with Gasteiger partial charge < -0.3 is 0 Å². The lowest BCUT2D eigenvalue weighted by atomic mass is 9.98. The van der Waals surface area contributed by atoms with Crippen LogP contribution in [0.1, 0.15) is 27.1 Å². The maximum Gasteiger partial charge on any atom is 0.0657 e. The van der Waals surface area contributed by atoms with Crippen molar-refractivity contribution in [2.24, 2.45) is 0 Å². The molecule has 1 atom stereocenters. The second-order valence-electron chi connectivity index (χ2n) is 4.34. The highest BCUT2D eigenvalue weighted by molar-refractivity contribution is 14.1. The highest BCUT2D eigenvalue weighted by Crippen LogP contribution is 2.37. The molecule has 0 aromatic heterocycles. The van der Waals surface area contributed by atoms with Crippen molar-refractivity contribution in [1.82, 2.24) is 0 Å². The Morgan fingerprint density at radius 2 is 1.67 bits per heavy atom. The Morgan fingerprint density at radius 3 is 2.33 bits per heavy atom. The molecule has 0 aliphatic heterocycles. The van der Waals surface area contributed by atoms with Gasteiger partial charge in [0.1, 0.15) is 0 Å². The fraction of sp³-hybridized carbons (Fsp3) is 0.200. The van der Waals surface area contributed by atoms with Gasteiger partial charge in [-0.1, -0.05) is 56.1 Å². The van der Waals surface area contributed by atoms with E-state index < -0.39 is 0 Å². The molecule has 0 spiro atoms. The number of rotatable bonds is 2. The maximum absolute atomic E-state index is 3.83. The van der Waals surface area contributed by atoms with Crippen molar-refractivity contribution in [2.75, 3.05) is 0 Å². The lowest BCUT2D eigenvalue weighted by Crippen LogP contribution is -1.99. The number of hydrogen-bond donors (Lipinski definition) is 0. The number of alkyl halides is 1. The molecular formula is C15H13Br2I. The average Bonchev–Trinajstić information content (AvgIpc) is 2.33. The first-order chi connectivity index (χ1) is 8.50. The molecule has 0 nitrogen and oxygen atoms in total. The fourth-order valence-electron chi connectivity index (χ4n) is 1.92. The molecule has 0 heterocycles. The van der Waals surface area contributed by atoms with Gasteiger partial charge >= 0.3 is 0 Å². The van der Waals surface area contributed by atoms with Gasteiger partial charge in [0.05, 0.1) is 4.83 Å². The Kier molecular flexibility index (Phi) is 4.89. The Morgan fingerprint density at radius 1 is 1.00 bits per heavy atom. The summed E-state index contributed by atoms with van der Waals surface area (Å²) < 4.78 is 2.46. The molecular weight excluding hydrogens is 467 g/mol. The molecule has 0 N–H and O–H groups in total. The summed E-state index contributed by atoms with van der Waals surface area (Å²) in [7, 11) is 0. The summed E-state index contributed by atoms with van der Waals surface area (Å²) in [6.07, 6.45) is 0. The number of benzene rings is 2. The highest BCUT2D eigenvalue weighted by Gasteiger charge is 2.16. The lowest BCUT2D eigenvalue weighted by Gasteiger charge is -2.16. The summed E-state index contributed by atoms with van der Waals surface area (Å²) >= 11 is 9.81. The van der Waals surface area contributed by atoms with E-state index in [1.807, 2.05) is 0 Å². The summed E-state index contributed by atoms with van der Waals surface area (Å²) in [5.74, 6) is 0. The van der Waals surface area contributed by atoms with Crippen LogP contribution in [0.15, 0.2) is 40.9 Å². The van der Waals surface area contributed by atoms with Gasteiger partial charge in [-0.05, 0) is 70.8 Å². The normalized spacial score (nSPS) is 12.5. The minimum Gasteiger partial charge on any atom is -0.0786 e. The molecule has 2 rings (SSSR count). The Labute approximate surface area is 139 Å². The van der Waals surface area contributed by atoms with E-state index >= 15 is 0 Å². The van der Waals surface area contributed by atoms with Crippen LogP contribution < -0.4 is 0 Å². The van der Waals surface area contributed by atoms with Crippen LogP contribution >= 0.6 is 54.5 Å². The van der Waals surface area contributed by atoms with E-state index in [1.165, 1.54) is 30.3 Å². The van der Waals surface area contributed by atoms with Crippen molar-refractivity contribution >= 4 is 54.5 Å². The van der Waals surface area contributed by atoms with Crippen molar-refractivity contribution in [3.8, 4) is 0 Å². The molecule has 0 amide bonds. The first-order valence-corrected chi connectivity index (χ1v) is 8.44. The topological polar surface area (TPSA) is 0 Å². The Balaban J connectivity index is 2.50. The molecule has 94 valence electrons. The van der Waals surface area contributed by atoms with Gasteiger partial charge in [-0.15, -0.1) is 0 Å². The third-order valence-corrected chi connectivity index (χ3v) is 5.82. The standard InChI is InChI=1S/C15H13Br2I/c1-9-8-13(16)10(2)7-12(9)15(17)11-5-3-4-6-14(11)18/h3-8,15H,1-2H3. The summed E-state index contributed by atoms with van der Waals surface area (Å²) in [5.41, 5.74) is 5.22. The van der Waals surface area contributed by atoms with Crippen LogP contribution in [0, 0.1) is 17.4 Å². The highest BCUT2D eigenvalue weighted by atomic mass is 127. The van der Waals surface area contributed by atoms with Crippen LogP contribution in [0.2, 0.25) is 0 Å². The van der Waals surface area contributed by atoms with E-state index in [0.717, 1.165) is 0 Å². The zero-order valence-corrected chi connectivity index (χ0v) is 15.5. The maximum atomic E-state index is 3.83. The Hall–Kier alpha value is 0.130. The van der Waals surface area contributed by atoms with E-state index in [2.05, 4.69) is 105 Å². The van der Waals surface area contributed by atoms with Crippen molar-refractivity contribution in [1.29, 1.82) is 0 Å². The van der Waals surface area contributed by atoms with Crippen molar-refractivity contribution in [3.05, 3.63) is 66.7 Å². The van der Waals surface area contributed by atoms with E-state index in [4.69, 9.17) is 0 Å². The van der Waals surface area contributed by atoms with Crippen molar-refractivity contribution in [3.63, 3.8) is 0 Å². The van der Waals surface area contributed by atoms with Crippen LogP contribution in [0.25, 0.3) is 0 Å². The van der Waals surface area contributed by atoms with Gasteiger partial charge in [0.25, 0.3) is 0 Å². The summed E-state index contributed by atoms with van der Waals surface area (Å²) in [4.78, 5) is 0.248. The van der Waals surface area contributed by atoms with Gasteiger partial charge in [-0.3, -0.25) is 0 Å². The molecule has 2 aromatic carbocycles. The van der Waals surface area contributed by atoms with Crippen LogP contribution in [0.4, 0.5) is 0 Å². The zero-order valence-electron chi connectivity index (χ0n) is 10.2. The van der Waals surface area contributed by atoms with Crippen LogP contribution in [0.3, 0.4) is 0 Å². The van der Waals surface area contributed by atoms with Crippen LogP contribution in [0.5, 0.6) is 0 Å². The largest absolute Gasteiger partial charge is 0.0786 e. The lowest BCUT2D eigenvalue weighted by molar-refractivity contribution is 1.12. The van der Waals surface area contributed by atoms with Gasteiger partial charge in [0, 0.05) is 8.04 Å². The molecule has 0 saturated heterocycles. The monoisotopic (exact) mass is 478 g/mol. The van der Waals surface area contributed by atoms with Crippen molar-refractivity contribution in [2.45, 2.75) is 18.7 Å². The second kappa shape index (κ2) is 6.06. The molecule has 0 saturated carbocycles. The molecule has 1 unspecified atom stereocenters.